The van der Waals surface area contributed by atoms with Gasteiger partial charge in [0.1, 0.15) is 0 Å². The number of benzene rings is 1. The first-order valence-corrected chi connectivity index (χ1v) is 8.10. The first-order chi connectivity index (χ1) is 8.94. The van der Waals surface area contributed by atoms with Gasteiger partial charge in [0.25, 0.3) is 20.2 Å². The number of anilines is 1. The van der Waals surface area contributed by atoms with Crippen LogP contribution in [0.25, 0.3) is 6.08 Å². The van der Waals surface area contributed by atoms with Crippen LogP contribution in [0.15, 0.2) is 23.1 Å². The van der Waals surface area contributed by atoms with Crippen LogP contribution >= 0.6 is 0 Å². The predicted molar refractivity (Wildman–Crippen MR) is 69.9 cm³/mol. The lowest BCUT2D eigenvalue weighted by molar-refractivity contribution is 0.160. The van der Waals surface area contributed by atoms with Crippen LogP contribution in [0.5, 0.6) is 0 Å². The molecule has 1 unspecified atom stereocenters. The Kier molecular flexibility index (Phi) is 3.19. The molecule has 0 spiro atoms. The molecule has 1 aliphatic carbocycles. The molecule has 2 rings (SSSR count). The summed E-state index contributed by atoms with van der Waals surface area (Å²) in [5.41, 5.74) is 5.99. The van der Waals surface area contributed by atoms with Gasteiger partial charge in [-0.1, -0.05) is 6.08 Å². The number of aliphatic hydroxyl groups is 1. The molecule has 0 radical (unpaired) electrons. The molecular formula is C10H11NO7S2. The Morgan fingerprint density at radius 2 is 1.75 bits per heavy atom. The molecule has 110 valence electrons. The van der Waals surface area contributed by atoms with E-state index in [0.29, 0.717) is 5.56 Å². The van der Waals surface area contributed by atoms with E-state index in [4.69, 9.17) is 14.8 Å². The number of hydrogen-bond donors (Lipinski definition) is 4. The average Bonchev–Trinajstić information content (AvgIpc) is 2.25. The largest absolute Gasteiger partial charge is 0.398 e. The third-order valence-electron chi connectivity index (χ3n) is 2.97. The van der Waals surface area contributed by atoms with Crippen molar-refractivity contribution in [3.8, 4) is 0 Å². The number of hydrogen-bond acceptors (Lipinski definition) is 6. The molecule has 0 heterocycles. The Hall–Kier alpha value is -1.46. The Morgan fingerprint density at radius 3 is 2.25 bits per heavy atom. The summed E-state index contributed by atoms with van der Waals surface area (Å²) in [7, 11) is -9.34. The summed E-state index contributed by atoms with van der Waals surface area (Å²) in [6.45, 7) is 0. The highest BCUT2D eigenvalue weighted by Gasteiger charge is 2.41. The highest BCUT2D eigenvalue weighted by Crippen LogP contribution is 2.34. The van der Waals surface area contributed by atoms with E-state index in [2.05, 4.69) is 0 Å². The fourth-order valence-corrected chi connectivity index (χ4v) is 3.07. The zero-order chi connectivity index (χ0) is 15.3. The van der Waals surface area contributed by atoms with Gasteiger partial charge in [0.2, 0.25) is 4.93 Å². The molecule has 10 heteroatoms. The molecule has 8 nitrogen and oxygen atoms in total. The minimum absolute atomic E-state index is 0.0104. The van der Waals surface area contributed by atoms with Crippen LogP contribution in [0, 0.1) is 0 Å². The highest BCUT2D eigenvalue weighted by atomic mass is 32.2. The molecule has 0 amide bonds. The lowest BCUT2D eigenvalue weighted by Gasteiger charge is -2.26. The number of nitrogen functional groups attached to an aromatic ring is 1. The van der Waals surface area contributed by atoms with Crippen LogP contribution in [0.2, 0.25) is 0 Å². The highest BCUT2D eigenvalue weighted by molar-refractivity contribution is 7.87. The smallest absolute Gasteiger partial charge is 0.299 e. The van der Waals surface area contributed by atoms with Crippen LogP contribution in [0.3, 0.4) is 0 Å². The van der Waals surface area contributed by atoms with Gasteiger partial charge in [-0.15, -0.1) is 0 Å². The molecule has 1 aliphatic rings. The first kappa shape index (κ1) is 14.9. The Labute approximate surface area is 115 Å². The lowest BCUT2D eigenvalue weighted by atomic mass is 9.94. The van der Waals surface area contributed by atoms with E-state index < -0.39 is 36.5 Å². The van der Waals surface area contributed by atoms with Crippen molar-refractivity contribution in [3.05, 3.63) is 29.3 Å². The molecule has 0 bridgehead atoms. The van der Waals surface area contributed by atoms with E-state index in [-0.39, 0.29) is 11.3 Å². The Morgan fingerprint density at radius 1 is 1.15 bits per heavy atom. The van der Waals surface area contributed by atoms with Crippen molar-refractivity contribution in [1.82, 2.24) is 0 Å². The van der Waals surface area contributed by atoms with Crippen molar-refractivity contribution >= 4 is 32.0 Å². The molecule has 0 aromatic heterocycles. The number of nitrogens with two attached hydrogens (primary N) is 1. The molecule has 1 aromatic rings. The Bertz CT molecular complexity index is 810. The van der Waals surface area contributed by atoms with Crippen LogP contribution in [0.4, 0.5) is 5.69 Å². The molecule has 1 atom stereocenters. The van der Waals surface area contributed by atoms with E-state index in [0.717, 1.165) is 24.3 Å². The lowest BCUT2D eigenvalue weighted by Crippen LogP contribution is -2.40. The second-order valence-corrected chi connectivity index (χ2v) is 7.47. The minimum atomic E-state index is -4.81. The molecule has 1 aromatic carbocycles. The second kappa shape index (κ2) is 4.27. The van der Waals surface area contributed by atoms with Crippen molar-refractivity contribution < 1.29 is 31.0 Å². The molecule has 0 saturated heterocycles. The maximum absolute atomic E-state index is 11.1. The SMILES string of the molecule is Nc1cc(S(=O)(=O)O)cc2c1C=CC(O)(S(=O)(=O)O)C2. The van der Waals surface area contributed by atoms with Gasteiger partial charge in [0.15, 0.2) is 0 Å². The van der Waals surface area contributed by atoms with Gasteiger partial charge in [-0.2, -0.15) is 16.8 Å². The summed E-state index contributed by atoms with van der Waals surface area (Å²) >= 11 is 0. The quantitative estimate of drug-likeness (QED) is 0.426. The fraction of sp³-hybridized carbons (Fsp3) is 0.200. The van der Waals surface area contributed by atoms with E-state index in [1.807, 2.05) is 0 Å². The van der Waals surface area contributed by atoms with Crippen LogP contribution in [0.1, 0.15) is 11.1 Å². The summed E-state index contributed by atoms with van der Waals surface area (Å²) in [6, 6.07) is 2.00. The topological polar surface area (TPSA) is 155 Å². The van der Waals surface area contributed by atoms with Gasteiger partial charge in [0.05, 0.1) is 4.90 Å². The maximum Gasteiger partial charge on any atom is 0.299 e. The average molecular weight is 321 g/mol. The van der Waals surface area contributed by atoms with Gasteiger partial charge in [-0.3, -0.25) is 9.11 Å². The Balaban J connectivity index is 2.66. The van der Waals surface area contributed by atoms with Crippen molar-refractivity contribution in [2.75, 3.05) is 5.73 Å². The van der Waals surface area contributed by atoms with Crippen molar-refractivity contribution in [2.24, 2.45) is 0 Å². The monoisotopic (exact) mass is 321 g/mol. The molecule has 20 heavy (non-hydrogen) atoms. The van der Waals surface area contributed by atoms with Gasteiger partial charge in [0, 0.05) is 17.7 Å². The zero-order valence-corrected chi connectivity index (χ0v) is 11.5. The van der Waals surface area contributed by atoms with Crippen molar-refractivity contribution in [2.45, 2.75) is 16.2 Å². The third-order valence-corrected chi connectivity index (χ3v) is 4.98. The van der Waals surface area contributed by atoms with E-state index in [1.165, 1.54) is 0 Å². The van der Waals surface area contributed by atoms with Crippen LogP contribution in [-0.4, -0.2) is 36.0 Å². The fourth-order valence-electron chi connectivity index (χ4n) is 1.93. The van der Waals surface area contributed by atoms with E-state index in [9.17, 15) is 21.9 Å². The predicted octanol–water partition coefficient (Wildman–Crippen LogP) is -0.339. The third kappa shape index (κ3) is 2.43. The normalized spacial score (nSPS) is 22.6. The summed E-state index contributed by atoms with van der Waals surface area (Å²) in [4.78, 5) is -3.09. The van der Waals surface area contributed by atoms with E-state index >= 15 is 0 Å². The maximum atomic E-state index is 11.1. The van der Waals surface area contributed by atoms with Gasteiger partial charge < -0.3 is 10.8 Å². The van der Waals surface area contributed by atoms with Crippen molar-refractivity contribution in [1.29, 1.82) is 0 Å². The second-order valence-electron chi connectivity index (χ2n) is 4.39. The summed E-state index contributed by atoms with van der Waals surface area (Å²) in [5, 5.41) is 9.86. The number of rotatable bonds is 2. The minimum Gasteiger partial charge on any atom is -0.398 e. The molecule has 0 aliphatic heterocycles. The van der Waals surface area contributed by atoms with E-state index in [1.54, 1.807) is 0 Å². The van der Waals surface area contributed by atoms with Crippen LogP contribution < -0.4 is 5.73 Å². The summed E-state index contributed by atoms with van der Waals surface area (Å²) in [6.07, 6.45) is 1.43. The van der Waals surface area contributed by atoms with Crippen LogP contribution in [-0.2, 0) is 26.7 Å². The van der Waals surface area contributed by atoms with Gasteiger partial charge in [-0.05, 0) is 23.8 Å². The molecule has 0 saturated carbocycles. The first-order valence-electron chi connectivity index (χ1n) is 5.22. The molecule has 5 N–H and O–H groups in total. The zero-order valence-electron chi connectivity index (χ0n) is 9.88. The summed E-state index contributed by atoms with van der Waals surface area (Å²) in [5.74, 6) is 0. The van der Waals surface area contributed by atoms with Gasteiger partial charge in [-0.25, -0.2) is 0 Å². The van der Waals surface area contributed by atoms with Crippen molar-refractivity contribution in [3.63, 3.8) is 0 Å². The standard InChI is InChI=1S/C10H11NO7S2/c11-9-4-7(19(13,14)15)3-6-5-10(12,20(16,17)18)2-1-8(6)9/h1-4,12H,5,11H2,(H,13,14,15)(H,16,17,18). The summed E-state index contributed by atoms with van der Waals surface area (Å²) < 4.78 is 62.4. The number of fused-ring (bicyclic) bond motifs is 1. The molecule has 0 fully saturated rings. The van der Waals surface area contributed by atoms with Gasteiger partial charge >= 0.3 is 0 Å². The molecular weight excluding hydrogens is 310 g/mol.